The Morgan fingerprint density at radius 3 is 2.50 bits per heavy atom. The standard InChI is InChI=1S/C17H26N2O/c1-3-5-6-10-13-20-15-17(14-18,19-4-2)16-11-8-7-9-12-16/h7-9,11-12,19H,3-6,10,13,15H2,1-2H3. The van der Waals surface area contributed by atoms with Crippen molar-refractivity contribution in [1.29, 1.82) is 5.26 Å². The van der Waals surface area contributed by atoms with Crippen LogP contribution in [-0.2, 0) is 10.3 Å². The van der Waals surface area contributed by atoms with Crippen molar-refractivity contribution in [3.8, 4) is 6.07 Å². The van der Waals surface area contributed by atoms with Gasteiger partial charge in [-0.05, 0) is 18.5 Å². The number of likely N-dealkylation sites (N-methyl/N-ethyl adjacent to an activating group) is 1. The molecule has 0 aliphatic heterocycles. The van der Waals surface area contributed by atoms with E-state index in [9.17, 15) is 5.26 Å². The van der Waals surface area contributed by atoms with Gasteiger partial charge in [0.1, 0.15) is 0 Å². The molecule has 3 nitrogen and oxygen atoms in total. The zero-order valence-electron chi connectivity index (χ0n) is 12.7. The second kappa shape index (κ2) is 9.52. The summed E-state index contributed by atoms with van der Waals surface area (Å²) in [5.74, 6) is 0. The lowest BCUT2D eigenvalue weighted by Gasteiger charge is -2.27. The quantitative estimate of drug-likeness (QED) is 0.663. The maximum Gasteiger partial charge on any atom is 0.155 e. The van der Waals surface area contributed by atoms with Gasteiger partial charge in [0, 0.05) is 6.61 Å². The van der Waals surface area contributed by atoms with Crippen LogP contribution in [0.1, 0.15) is 45.1 Å². The van der Waals surface area contributed by atoms with E-state index in [1.54, 1.807) is 0 Å². The smallest absolute Gasteiger partial charge is 0.155 e. The molecular formula is C17H26N2O. The highest BCUT2D eigenvalue weighted by Crippen LogP contribution is 2.21. The summed E-state index contributed by atoms with van der Waals surface area (Å²) in [4.78, 5) is 0. The fourth-order valence-electron chi connectivity index (χ4n) is 2.25. The number of nitrogens with one attached hydrogen (secondary N) is 1. The first-order valence-electron chi connectivity index (χ1n) is 7.58. The molecule has 1 rings (SSSR count). The molecule has 0 aliphatic rings. The molecule has 3 heteroatoms. The molecule has 0 aromatic heterocycles. The lowest BCUT2D eigenvalue weighted by molar-refractivity contribution is 0.0862. The third-order valence-electron chi connectivity index (χ3n) is 3.40. The summed E-state index contributed by atoms with van der Waals surface area (Å²) in [6.07, 6.45) is 4.74. The van der Waals surface area contributed by atoms with Crippen LogP contribution in [0.15, 0.2) is 30.3 Å². The largest absolute Gasteiger partial charge is 0.378 e. The van der Waals surface area contributed by atoms with E-state index in [1.165, 1.54) is 19.3 Å². The van der Waals surface area contributed by atoms with E-state index >= 15 is 0 Å². The lowest BCUT2D eigenvalue weighted by Crippen LogP contribution is -2.45. The van der Waals surface area contributed by atoms with E-state index < -0.39 is 5.54 Å². The van der Waals surface area contributed by atoms with Crippen molar-refractivity contribution >= 4 is 0 Å². The monoisotopic (exact) mass is 274 g/mol. The third kappa shape index (κ3) is 4.96. The maximum absolute atomic E-state index is 9.61. The zero-order valence-corrected chi connectivity index (χ0v) is 12.7. The fraction of sp³-hybridized carbons (Fsp3) is 0.588. The van der Waals surface area contributed by atoms with Gasteiger partial charge >= 0.3 is 0 Å². The van der Waals surface area contributed by atoms with Gasteiger partial charge in [-0.3, -0.25) is 5.32 Å². The van der Waals surface area contributed by atoms with E-state index in [2.05, 4.69) is 18.3 Å². The molecule has 0 saturated heterocycles. The molecule has 1 aromatic carbocycles. The molecule has 0 spiro atoms. The van der Waals surface area contributed by atoms with Crippen LogP contribution in [0.5, 0.6) is 0 Å². The average Bonchev–Trinajstić information content (AvgIpc) is 2.50. The second-order valence-electron chi connectivity index (χ2n) is 5.03. The van der Waals surface area contributed by atoms with Crippen molar-refractivity contribution in [2.45, 2.75) is 45.1 Å². The Morgan fingerprint density at radius 1 is 1.15 bits per heavy atom. The molecule has 0 bridgehead atoms. The number of nitrogens with zero attached hydrogens (tertiary/aromatic N) is 1. The Balaban J connectivity index is 2.59. The predicted molar refractivity (Wildman–Crippen MR) is 82.4 cm³/mol. The van der Waals surface area contributed by atoms with Crippen LogP contribution < -0.4 is 5.32 Å². The number of benzene rings is 1. The summed E-state index contributed by atoms with van der Waals surface area (Å²) in [6.45, 7) is 6.06. The van der Waals surface area contributed by atoms with Gasteiger partial charge in [-0.25, -0.2) is 0 Å². The fourth-order valence-corrected chi connectivity index (χ4v) is 2.25. The van der Waals surface area contributed by atoms with E-state index in [4.69, 9.17) is 4.74 Å². The van der Waals surface area contributed by atoms with Crippen LogP contribution in [0.2, 0.25) is 0 Å². The summed E-state index contributed by atoms with van der Waals surface area (Å²) >= 11 is 0. The normalized spacial score (nSPS) is 13.7. The molecule has 0 saturated carbocycles. The molecule has 1 atom stereocenters. The van der Waals surface area contributed by atoms with E-state index in [1.807, 2.05) is 37.3 Å². The van der Waals surface area contributed by atoms with Gasteiger partial charge in [0.2, 0.25) is 0 Å². The molecule has 0 radical (unpaired) electrons. The minimum absolute atomic E-state index is 0.396. The number of hydrogen-bond donors (Lipinski definition) is 1. The van der Waals surface area contributed by atoms with Crippen LogP contribution in [0.3, 0.4) is 0 Å². The van der Waals surface area contributed by atoms with Gasteiger partial charge in [-0.1, -0.05) is 63.4 Å². The number of ether oxygens (including phenoxy) is 1. The average molecular weight is 274 g/mol. The van der Waals surface area contributed by atoms with Gasteiger partial charge in [-0.2, -0.15) is 5.26 Å². The number of hydrogen-bond acceptors (Lipinski definition) is 3. The van der Waals surface area contributed by atoms with E-state index in [-0.39, 0.29) is 0 Å². The van der Waals surface area contributed by atoms with Gasteiger partial charge in [0.05, 0.1) is 12.7 Å². The summed E-state index contributed by atoms with van der Waals surface area (Å²) in [5.41, 5.74) is 0.235. The highest BCUT2D eigenvalue weighted by atomic mass is 16.5. The lowest BCUT2D eigenvalue weighted by atomic mass is 9.92. The summed E-state index contributed by atoms with van der Waals surface area (Å²) < 4.78 is 5.76. The molecule has 20 heavy (non-hydrogen) atoms. The van der Waals surface area contributed by atoms with Crippen molar-refractivity contribution in [2.24, 2.45) is 0 Å². The number of rotatable bonds is 10. The zero-order chi connectivity index (χ0) is 14.7. The Labute approximate surface area is 123 Å². The number of unbranched alkanes of at least 4 members (excludes halogenated alkanes) is 3. The molecule has 1 unspecified atom stereocenters. The van der Waals surface area contributed by atoms with Crippen LogP contribution in [-0.4, -0.2) is 19.8 Å². The van der Waals surface area contributed by atoms with Gasteiger partial charge in [-0.15, -0.1) is 0 Å². The Bertz CT molecular complexity index is 399. The van der Waals surface area contributed by atoms with Crippen LogP contribution in [0.25, 0.3) is 0 Å². The predicted octanol–water partition coefficient (Wildman–Crippen LogP) is 3.61. The SMILES string of the molecule is CCCCCCOCC(C#N)(NCC)c1ccccc1. The molecule has 0 amide bonds. The Morgan fingerprint density at radius 2 is 1.90 bits per heavy atom. The van der Waals surface area contributed by atoms with E-state index in [0.29, 0.717) is 6.61 Å². The minimum atomic E-state index is -0.735. The van der Waals surface area contributed by atoms with Crippen LogP contribution in [0, 0.1) is 11.3 Å². The van der Waals surface area contributed by atoms with Crippen molar-refractivity contribution in [2.75, 3.05) is 19.8 Å². The first kappa shape index (κ1) is 16.7. The highest BCUT2D eigenvalue weighted by Gasteiger charge is 2.31. The van der Waals surface area contributed by atoms with Crippen LogP contribution >= 0.6 is 0 Å². The van der Waals surface area contributed by atoms with Crippen molar-refractivity contribution < 1.29 is 4.74 Å². The van der Waals surface area contributed by atoms with Crippen molar-refractivity contribution in [3.63, 3.8) is 0 Å². The molecule has 1 N–H and O–H groups in total. The van der Waals surface area contributed by atoms with Crippen molar-refractivity contribution in [1.82, 2.24) is 5.32 Å². The molecule has 0 heterocycles. The van der Waals surface area contributed by atoms with Gasteiger partial charge in [0.25, 0.3) is 0 Å². The van der Waals surface area contributed by atoms with Crippen LogP contribution in [0.4, 0.5) is 0 Å². The van der Waals surface area contributed by atoms with Crippen molar-refractivity contribution in [3.05, 3.63) is 35.9 Å². The van der Waals surface area contributed by atoms with Gasteiger partial charge in [0.15, 0.2) is 5.54 Å². The molecule has 0 fully saturated rings. The maximum atomic E-state index is 9.61. The third-order valence-corrected chi connectivity index (χ3v) is 3.40. The second-order valence-corrected chi connectivity index (χ2v) is 5.03. The van der Waals surface area contributed by atoms with Gasteiger partial charge < -0.3 is 4.74 Å². The summed E-state index contributed by atoms with van der Waals surface area (Å²) in [5, 5.41) is 12.9. The first-order valence-corrected chi connectivity index (χ1v) is 7.58. The molecular weight excluding hydrogens is 248 g/mol. The summed E-state index contributed by atoms with van der Waals surface area (Å²) in [7, 11) is 0. The molecule has 0 aliphatic carbocycles. The Hall–Kier alpha value is -1.37. The Kier molecular flexibility index (Phi) is 7.94. The first-order chi connectivity index (χ1) is 9.79. The highest BCUT2D eigenvalue weighted by molar-refractivity contribution is 5.31. The topological polar surface area (TPSA) is 45.0 Å². The number of nitriles is 1. The minimum Gasteiger partial charge on any atom is -0.378 e. The molecule has 1 aromatic rings. The van der Waals surface area contributed by atoms with E-state index in [0.717, 1.165) is 25.1 Å². The molecule has 110 valence electrons. The summed E-state index contributed by atoms with van der Waals surface area (Å²) in [6, 6.07) is 12.2.